The topological polar surface area (TPSA) is 38.3 Å². The van der Waals surface area contributed by atoms with E-state index in [1.807, 2.05) is 24.3 Å². The molecule has 0 bridgehead atoms. The molecule has 3 heteroatoms. The number of carbonyl (C=O) groups excluding carboxylic acids is 1. The number of benzene rings is 1. The van der Waals surface area contributed by atoms with Gasteiger partial charge in [-0.1, -0.05) is 18.2 Å². The summed E-state index contributed by atoms with van der Waals surface area (Å²) in [6.45, 7) is 1.29. The summed E-state index contributed by atoms with van der Waals surface area (Å²) in [7, 11) is 0. The van der Waals surface area contributed by atoms with E-state index < -0.39 is 5.41 Å². The first kappa shape index (κ1) is 8.77. The fourth-order valence-corrected chi connectivity index (χ4v) is 2.54. The van der Waals surface area contributed by atoms with Crippen LogP contribution in [0, 0.1) is 0 Å². The second kappa shape index (κ2) is 2.99. The van der Waals surface area contributed by atoms with Crippen molar-refractivity contribution in [3.63, 3.8) is 0 Å². The Bertz CT molecular complexity index is 412. The third-order valence-corrected chi connectivity index (χ3v) is 3.38. The third-order valence-electron chi connectivity index (χ3n) is 3.38. The van der Waals surface area contributed by atoms with Crippen molar-refractivity contribution >= 4 is 5.91 Å². The van der Waals surface area contributed by atoms with E-state index in [4.69, 9.17) is 4.74 Å². The van der Waals surface area contributed by atoms with Gasteiger partial charge in [0.25, 0.3) is 0 Å². The van der Waals surface area contributed by atoms with Crippen LogP contribution in [0.3, 0.4) is 0 Å². The Morgan fingerprint density at radius 3 is 3.07 bits per heavy atom. The first-order chi connectivity index (χ1) is 7.33. The number of fused-ring (bicyclic) bond motifs is 2. The molecule has 2 aliphatic heterocycles. The van der Waals surface area contributed by atoms with E-state index in [2.05, 4.69) is 5.32 Å². The van der Waals surface area contributed by atoms with Crippen LogP contribution < -0.4 is 10.1 Å². The Morgan fingerprint density at radius 2 is 2.20 bits per heavy atom. The van der Waals surface area contributed by atoms with Gasteiger partial charge < -0.3 is 10.1 Å². The lowest BCUT2D eigenvalue weighted by Gasteiger charge is -2.30. The second-order valence-electron chi connectivity index (χ2n) is 4.23. The molecule has 0 saturated carbocycles. The van der Waals surface area contributed by atoms with Crippen LogP contribution >= 0.6 is 0 Å². The van der Waals surface area contributed by atoms with Gasteiger partial charge in [-0.15, -0.1) is 0 Å². The van der Waals surface area contributed by atoms with Crippen LogP contribution in [0.25, 0.3) is 0 Å². The van der Waals surface area contributed by atoms with E-state index in [1.165, 1.54) is 0 Å². The molecule has 1 spiro atoms. The molecule has 1 N–H and O–H groups in total. The fourth-order valence-electron chi connectivity index (χ4n) is 2.54. The van der Waals surface area contributed by atoms with E-state index in [0.717, 1.165) is 30.7 Å². The first-order valence-electron chi connectivity index (χ1n) is 5.33. The molecular formula is C12H13NO2. The number of rotatable bonds is 0. The van der Waals surface area contributed by atoms with Crippen LogP contribution in [0.15, 0.2) is 24.3 Å². The second-order valence-corrected chi connectivity index (χ2v) is 4.23. The number of ether oxygens (including phenoxy) is 1. The van der Waals surface area contributed by atoms with Crippen molar-refractivity contribution in [2.75, 3.05) is 13.2 Å². The Hall–Kier alpha value is -1.51. The van der Waals surface area contributed by atoms with Crippen LogP contribution in [-0.2, 0) is 10.2 Å². The smallest absolute Gasteiger partial charge is 0.234 e. The lowest BCUT2D eigenvalue weighted by atomic mass is 9.76. The molecule has 2 aliphatic rings. The van der Waals surface area contributed by atoms with Gasteiger partial charge in [-0.05, 0) is 18.9 Å². The molecule has 2 heterocycles. The predicted molar refractivity (Wildman–Crippen MR) is 55.9 cm³/mol. The quantitative estimate of drug-likeness (QED) is 0.688. The summed E-state index contributed by atoms with van der Waals surface area (Å²) in [5, 5.41) is 2.94. The molecule has 0 aromatic heterocycles. The molecule has 1 aromatic rings. The number of hydrogen-bond donors (Lipinski definition) is 1. The number of para-hydroxylation sites is 1. The zero-order valence-electron chi connectivity index (χ0n) is 8.45. The molecule has 1 atom stereocenters. The highest BCUT2D eigenvalue weighted by atomic mass is 16.5. The minimum Gasteiger partial charge on any atom is -0.492 e. The van der Waals surface area contributed by atoms with Crippen molar-refractivity contribution < 1.29 is 9.53 Å². The molecule has 1 unspecified atom stereocenters. The summed E-state index contributed by atoms with van der Waals surface area (Å²) in [4.78, 5) is 12.0. The van der Waals surface area contributed by atoms with Crippen LogP contribution in [0.2, 0.25) is 0 Å². The SMILES string of the molecule is O=C1NCCCC12COc1ccccc12. The average Bonchev–Trinajstić information content (AvgIpc) is 2.64. The highest BCUT2D eigenvalue weighted by Crippen LogP contribution is 2.42. The summed E-state index contributed by atoms with van der Waals surface area (Å²) < 4.78 is 5.60. The van der Waals surface area contributed by atoms with Crippen molar-refractivity contribution in [3.8, 4) is 5.75 Å². The molecule has 1 saturated heterocycles. The van der Waals surface area contributed by atoms with E-state index in [9.17, 15) is 4.79 Å². The minimum absolute atomic E-state index is 0.124. The monoisotopic (exact) mass is 203 g/mol. The summed E-state index contributed by atoms with van der Waals surface area (Å²) in [6.07, 6.45) is 1.93. The van der Waals surface area contributed by atoms with Gasteiger partial charge in [-0.3, -0.25) is 4.79 Å². The maximum Gasteiger partial charge on any atom is 0.234 e. The van der Waals surface area contributed by atoms with Gasteiger partial charge in [0, 0.05) is 12.1 Å². The molecule has 3 rings (SSSR count). The van der Waals surface area contributed by atoms with Crippen molar-refractivity contribution in [2.45, 2.75) is 18.3 Å². The van der Waals surface area contributed by atoms with E-state index >= 15 is 0 Å². The summed E-state index contributed by atoms with van der Waals surface area (Å²) >= 11 is 0. The fraction of sp³-hybridized carbons (Fsp3) is 0.417. The zero-order chi connectivity index (χ0) is 10.3. The minimum atomic E-state index is -0.408. The van der Waals surface area contributed by atoms with Gasteiger partial charge in [0.05, 0.1) is 0 Å². The predicted octanol–water partition coefficient (Wildman–Crippen LogP) is 1.23. The Labute approximate surface area is 88.4 Å². The molecule has 1 fully saturated rings. The first-order valence-corrected chi connectivity index (χ1v) is 5.33. The molecule has 1 aromatic carbocycles. The van der Waals surface area contributed by atoms with Gasteiger partial charge in [0.2, 0.25) is 5.91 Å². The van der Waals surface area contributed by atoms with E-state index in [0.29, 0.717) is 6.61 Å². The van der Waals surface area contributed by atoms with Crippen molar-refractivity contribution in [1.82, 2.24) is 5.32 Å². The molecule has 0 radical (unpaired) electrons. The Balaban J connectivity index is 2.11. The molecular weight excluding hydrogens is 190 g/mol. The van der Waals surface area contributed by atoms with Gasteiger partial charge in [-0.2, -0.15) is 0 Å². The maximum absolute atomic E-state index is 12.0. The Morgan fingerprint density at radius 1 is 1.33 bits per heavy atom. The zero-order valence-corrected chi connectivity index (χ0v) is 8.45. The van der Waals surface area contributed by atoms with Crippen LogP contribution in [0.4, 0.5) is 0 Å². The number of piperidine rings is 1. The lowest BCUT2D eigenvalue weighted by Crippen LogP contribution is -2.50. The number of hydrogen-bond acceptors (Lipinski definition) is 2. The van der Waals surface area contributed by atoms with Gasteiger partial charge >= 0.3 is 0 Å². The number of carbonyl (C=O) groups is 1. The van der Waals surface area contributed by atoms with Gasteiger partial charge in [-0.25, -0.2) is 0 Å². The summed E-state index contributed by atoms with van der Waals surface area (Å²) in [5.74, 6) is 0.994. The van der Waals surface area contributed by atoms with E-state index in [-0.39, 0.29) is 5.91 Å². The summed E-state index contributed by atoms with van der Waals surface area (Å²) in [5.41, 5.74) is 0.650. The van der Waals surface area contributed by atoms with Crippen molar-refractivity contribution in [2.24, 2.45) is 0 Å². The highest BCUT2D eigenvalue weighted by molar-refractivity contribution is 5.90. The van der Waals surface area contributed by atoms with Crippen molar-refractivity contribution in [1.29, 1.82) is 0 Å². The number of nitrogens with one attached hydrogen (secondary N) is 1. The Kier molecular flexibility index (Phi) is 1.75. The molecule has 1 amide bonds. The highest BCUT2D eigenvalue weighted by Gasteiger charge is 2.48. The molecule has 15 heavy (non-hydrogen) atoms. The van der Waals surface area contributed by atoms with Crippen LogP contribution in [-0.4, -0.2) is 19.1 Å². The number of amides is 1. The van der Waals surface area contributed by atoms with Crippen molar-refractivity contribution in [3.05, 3.63) is 29.8 Å². The normalized spacial score (nSPS) is 28.4. The lowest BCUT2D eigenvalue weighted by molar-refractivity contribution is -0.129. The average molecular weight is 203 g/mol. The van der Waals surface area contributed by atoms with Gasteiger partial charge in [0.1, 0.15) is 17.8 Å². The third kappa shape index (κ3) is 1.09. The molecule has 0 aliphatic carbocycles. The largest absolute Gasteiger partial charge is 0.492 e. The van der Waals surface area contributed by atoms with Crippen LogP contribution in [0.1, 0.15) is 18.4 Å². The summed E-state index contributed by atoms with van der Waals surface area (Å²) in [6, 6.07) is 7.86. The standard InChI is InChI=1S/C12H13NO2/c14-11-12(6-3-7-13-11)8-15-10-5-2-1-4-9(10)12/h1-2,4-5H,3,6-8H2,(H,13,14). The van der Waals surface area contributed by atoms with Gasteiger partial charge in [0.15, 0.2) is 0 Å². The van der Waals surface area contributed by atoms with E-state index in [1.54, 1.807) is 0 Å². The molecule has 3 nitrogen and oxygen atoms in total. The maximum atomic E-state index is 12.0. The van der Waals surface area contributed by atoms with Crippen LogP contribution in [0.5, 0.6) is 5.75 Å². The molecule has 78 valence electrons.